The number of hydrogen-bond acceptors (Lipinski definition) is 2. The summed E-state index contributed by atoms with van der Waals surface area (Å²) in [4.78, 5) is 2.21. The molecule has 0 aliphatic rings. The van der Waals surface area contributed by atoms with E-state index < -0.39 is 0 Å². The monoisotopic (exact) mass is 192 g/mol. The zero-order valence-electron chi connectivity index (χ0n) is 9.54. The average Bonchev–Trinajstić information content (AvgIpc) is 2.01. The second-order valence-corrected chi connectivity index (χ2v) is 4.15. The van der Waals surface area contributed by atoms with E-state index in [-0.39, 0.29) is 6.04 Å². The van der Waals surface area contributed by atoms with Gasteiger partial charge < -0.3 is 10.6 Å². The summed E-state index contributed by atoms with van der Waals surface area (Å²) in [5.74, 6) is 0. The summed E-state index contributed by atoms with van der Waals surface area (Å²) in [5, 5.41) is 0. The van der Waals surface area contributed by atoms with Crippen molar-refractivity contribution >= 4 is 5.69 Å². The van der Waals surface area contributed by atoms with Crippen molar-refractivity contribution in [3.05, 3.63) is 29.3 Å². The number of anilines is 1. The molecule has 1 aromatic rings. The van der Waals surface area contributed by atoms with Crippen molar-refractivity contribution < 1.29 is 0 Å². The third-order valence-corrected chi connectivity index (χ3v) is 2.33. The number of nitrogens with zero attached hydrogens (tertiary/aromatic N) is 1. The molecule has 0 radical (unpaired) electrons. The molecule has 1 atom stereocenters. The Hall–Kier alpha value is -1.02. The standard InChI is InChI=1S/C12H20N2/c1-9-5-6-12(10(2)7-9)14(4)8-11(3)13/h5-7,11H,8,13H2,1-4H3/t11-/m0/s1. The second-order valence-electron chi connectivity index (χ2n) is 4.15. The van der Waals surface area contributed by atoms with Gasteiger partial charge >= 0.3 is 0 Å². The molecule has 0 aliphatic heterocycles. The van der Waals surface area contributed by atoms with Crippen molar-refractivity contribution in [3.63, 3.8) is 0 Å². The smallest absolute Gasteiger partial charge is 0.0394 e. The Morgan fingerprint density at radius 2 is 2.00 bits per heavy atom. The molecule has 14 heavy (non-hydrogen) atoms. The fourth-order valence-electron chi connectivity index (χ4n) is 1.76. The molecule has 78 valence electrons. The van der Waals surface area contributed by atoms with Gasteiger partial charge in [-0.1, -0.05) is 17.7 Å². The number of benzene rings is 1. The molecule has 0 fully saturated rings. The van der Waals surface area contributed by atoms with E-state index in [1.54, 1.807) is 0 Å². The summed E-state index contributed by atoms with van der Waals surface area (Å²) in [7, 11) is 2.08. The summed E-state index contributed by atoms with van der Waals surface area (Å²) in [6.45, 7) is 7.17. The first kappa shape index (κ1) is 11.1. The van der Waals surface area contributed by atoms with Crippen molar-refractivity contribution in [1.29, 1.82) is 0 Å². The van der Waals surface area contributed by atoms with Gasteiger partial charge in [-0.15, -0.1) is 0 Å². The Kier molecular flexibility index (Phi) is 3.53. The van der Waals surface area contributed by atoms with Gasteiger partial charge in [0.25, 0.3) is 0 Å². The molecule has 1 aromatic carbocycles. The van der Waals surface area contributed by atoms with Gasteiger partial charge in [-0.05, 0) is 32.4 Å². The highest BCUT2D eigenvalue weighted by atomic mass is 15.1. The fraction of sp³-hybridized carbons (Fsp3) is 0.500. The molecular formula is C12H20N2. The minimum Gasteiger partial charge on any atom is -0.373 e. The lowest BCUT2D eigenvalue weighted by Crippen LogP contribution is -2.33. The number of nitrogens with two attached hydrogens (primary N) is 1. The Bertz CT molecular complexity index is 305. The molecule has 0 aliphatic carbocycles. The minimum atomic E-state index is 0.209. The largest absolute Gasteiger partial charge is 0.373 e. The van der Waals surface area contributed by atoms with Crippen LogP contribution in [0.1, 0.15) is 18.1 Å². The molecule has 2 heteroatoms. The van der Waals surface area contributed by atoms with Gasteiger partial charge in [-0.2, -0.15) is 0 Å². The van der Waals surface area contributed by atoms with Gasteiger partial charge in [0.1, 0.15) is 0 Å². The van der Waals surface area contributed by atoms with Crippen LogP contribution in [-0.4, -0.2) is 19.6 Å². The second kappa shape index (κ2) is 4.47. The molecule has 0 heterocycles. The Balaban J connectivity index is 2.84. The van der Waals surface area contributed by atoms with E-state index >= 15 is 0 Å². The maximum absolute atomic E-state index is 5.77. The van der Waals surface area contributed by atoms with Crippen LogP contribution in [0.3, 0.4) is 0 Å². The predicted molar refractivity (Wildman–Crippen MR) is 62.8 cm³/mol. The summed E-state index contributed by atoms with van der Waals surface area (Å²) in [5.41, 5.74) is 9.66. The van der Waals surface area contributed by atoms with Crippen molar-refractivity contribution in [2.45, 2.75) is 26.8 Å². The van der Waals surface area contributed by atoms with E-state index in [9.17, 15) is 0 Å². The van der Waals surface area contributed by atoms with Crippen molar-refractivity contribution in [3.8, 4) is 0 Å². The predicted octanol–water partition coefficient (Wildman–Crippen LogP) is 2.09. The lowest BCUT2D eigenvalue weighted by molar-refractivity contribution is 0.716. The van der Waals surface area contributed by atoms with E-state index in [0.717, 1.165) is 6.54 Å². The topological polar surface area (TPSA) is 29.3 Å². The SMILES string of the molecule is Cc1ccc(N(C)C[C@H](C)N)c(C)c1. The highest BCUT2D eigenvalue weighted by Crippen LogP contribution is 2.19. The number of rotatable bonds is 3. The van der Waals surface area contributed by atoms with E-state index in [4.69, 9.17) is 5.73 Å². The summed E-state index contributed by atoms with van der Waals surface area (Å²) < 4.78 is 0. The van der Waals surface area contributed by atoms with Gasteiger partial charge in [0.2, 0.25) is 0 Å². The van der Waals surface area contributed by atoms with E-state index in [1.165, 1.54) is 16.8 Å². The zero-order valence-corrected chi connectivity index (χ0v) is 9.54. The number of hydrogen-bond donors (Lipinski definition) is 1. The first-order chi connectivity index (χ1) is 6.50. The molecule has 1 rings (SSSR count). The molecule has 0 saturated carbocycles. The lowest BCUT2D eigenvalue weighted by atomic mass is 10.1. The van der Waals surface area contributed by atoms with Crippen molar-refractivity contribution in [2.75, 3.05) is 18.5 Å². The van der Waals surface area contributed by atoms with E-state index in [0.29, 0.717) is 0 Å². The summed E-state index contributed by atoms with van der Waals surface area (Å²) in [6, 6.07) is 6.71. The van der Waals surface area contributed by atoms with Crippen LogP contribution in [0.25, 0.3) is 0 Å². The first-order valence-electron chi connectivity index (χ1n) is 5.04. The van der Waals surface area contributed by atoms with Gasteiger partial charge in [-0.25, -0.2) is 0 Å². The quantitative estimate of drug-likeness (QED) is 0.794. The first-order valence-corrected chi connectivity index (χ1v) is 5.04. The van der Waals surface area contributed by atoms with Crippen LogP contribution < -0.4 is 10.6 Å². The van der Waals surface area contributed by atoms with Crippen LogP contribution in [0.15, 0.2) is 18.2 Å². The molecular weight excluding hydrogens is 172 g/mol. The maximum Gasteiger partial charge on any atom is 0.0394 e. The average molecular weight is 192 g/mol. The molecule has 0 aromatic heterocycles. The molecule has 0 bridgehead atoms. The summed E-state index contributed by atoms with van der Waals surface area (Å²) >= 11 is 0. The van der Waals surface area contributed by atoms with Crippen LogP contribution in [0.4, 0.5) is 5.69 Å². The third-order valence-electron chi connectivity index (χ3n) is 2.33. The van der Waals surface area contributed by atoms with Crippen LogP contribution >= 0.6 is 0 Å². The van der Waals surface area contributed by atoms with Crippen LogP contribution in [0, 0.1) is 13.8 Å². The van der Waals surface area contributed by atoms with Crippen LogP contribution in [0.5, 0.6) is 0 Å². The van der Waals surface area contributed by atoms with Crippen molar-refractivity contribution in [2.24, 2.45) is 5.73 Å². The fourth-order valence-corrected chi connectivity index (χ4v) is 1.76. The van der Waals surface area contributed by atoms with Crippen molar-refractivity contribution in [1.82, 2.24) is 0 Å². The normalized spacial score (nSPS) is 12.6. The number of aryl methyl sites for hydroxylation is 2. The van der Waals surface area contributed by atoms with Gasteiger partial charge in [0.15, 0.2) is 0 Å². The molecule has 0 spiro atoms. The number of likely N-dealkylation sites (N-methyl/N-ethyl adjacent to an activating group) is 1. The molecule has 2 nitrogen and oxygen atoms in total. The Labute approximate surface area is 86.7 Å². The van der Waals surface area contributed by atoms with E-state index in [1.807, 2.05) is 6.92 Å². The Morgan fingerprint density at radius 3 is 2.50 bits per heavy atom. The Morgan fingerprint density at radius 1 is 1.36 bits per heavy atom. The van der Waals surface area contributed by atoms with E-state index in [2.05, 4.69) is 44.0 Å². The lowest BCUT2D eigenvalue weighted by Gasteiger charge is -2.23. The highest BCUT2D eigenvalue weighted by molar-refractivity contribution is 5.53. The molecule has 0 amide bonds. The van der Waals surface area contributed by atoms with Gasteiger partial charge in [0, 0.05) is 25.3 Å². The van der Waals surface area contributed by atoms with Gasteiger partial charge in [-0.3, -0.25) is 0 Å². The van der Waals surface area contributed by atoms with Gasteiger partial charge in [0.05, 0.1) is 0 Å². The third kappa shape index (κ3) is 2.74. The zero-order chi connectivity index (χ0) is 10.7. The van der Waals surface area contributed by atoms with Crippen LogP contribution in [-0.2, 0) is 0 Å². The molecule has 0 unspecified atom stereocenters. The molecule has 0 saturated heterocycles. The maximum atomic E-state index is 5.77. The minimum absolute atomic E-state index is 0.209. The summed E-state index contributed by atoms with van der Waals surface area (Å²) in [6.07, 6.45) is 0. The van der Waals surface area contributed by atoms with Crippen LogP contribution in [0.2, 0.25) is 0 Å². The highest BCUT2D eigenvalue weighted by Gasteiger charge is 2.05. The molecule has 2 N–H and O–H groups in total.